The van der Waals surface area contributed by atoms with Crippen LogP contribution in [0.5, 0.6) is 11.5 Å². The molecule has 0 saturated heterocycles. The van der Waals surface area contributed by atoms with Crippen molar-refractivity contribution in [1.82, 2.24) is 0 Å². The fourth-order valence-electron chi connectivity index (χ4n) is 1.99. The molecule has 0 unspecified atom stereocenters. The summed E-state index contributed by atoms with van der Waals surface area (Å²) >= 11 is 0. The number of hydrogen-bond donors (Lipinski definition) is 1. The summed E-state index contributed by atoms with van der Waals surface area (Å²) in [5, 5.41) is 2.80. The number of carbonyl (C=O) groups is 1. The number of rotatable bonds is 7. The lowest BCUT2D eigenvalue weighted by molar-refractivity contribution is -0.111. The van der Waals surface area contributed by atoms with Gasteiger partial charge in [0.15, 0.2) is 0 Å². The van der Waals surface area contributed by atoms with Crippen LogP contribution in [0.15, 0.2) is 54.6 Å². The topological polar surface area (TPSA) is 47.6 Å². The SMILES string of the molecule is CCCOc1ccc(C=CC(=O)Nc2ccccc2OC)cc1. The van der Waals surface area contributed by atoms with Gasteiger partial charge in [-0.3, -0.25) is 4.79 Å². The Morgan fingerprint density at radius 3 is 2.57 bits per heavy atom. The third kappa shape index (κ3) is 5.18. The van der Waals surface area contributed by atoms with Crippen LogP contribution in [-0.2, 0) is 4.79 Å². The van der Waals surface area contributed by atoms with Crippen molar-refractivity contribution in [1.29, 1.82) is 0 Å². The van der Waals surface area contributed by atoms with Gasteiger partial charge in [0.2, 0.25) is 5.91 Å². The Kier molecular flexibility index (Phi) is 6.24. The summed E-state index contributed by atoms with van der Waals surface area (Å²) in [6.45, 7) is 2.77. The van der Waals surface area contributed by atoms with E-state index in [9.17, 15) is 4.79 Å². The summed E-state index contributed by atoms with van der Waals surface area (Å²) in [4.78, 5) is 12.0. The highest BCUT2D eigenvalue weighted by atomic mass is 16.5. The molecule has 0 aromatic heterocycles. The van der Waals surface area contributed by atoms with Crippen molar-refractivity contribution in [3.05, 3.63) is 60.2 Å². The first-order valence-electron chi connectivity index (χ1n) is 7.58. The highest BCUT2D eigenvalue weighted by molar-refractivity contribution is 6.02. The van der Waals surface area contributed by atoms with Crippen molar-refractivity contribution in [3.63, 3.8) is 0 Å². The number of hydrogen-bond acceptors (Lipinski definition) is 3. The molecule has 0 atom stereocenters. The molecule has 4 nitrogen and oxygen atoms in total. The fraction of sp³-hybridized carbons (Fsp3) is 0.211. The molecule has 0 bridgehead atoms. The van der Waals surface area contributed by atoms with Crippen molar-refractivity contribution < 1.29 is 14.3 Å². The molecule has 0 fully saturated rings. The smallest absolute Gasteiger partial charge is 0.248 e. The number of methoxy groups -OCH3 is 1. The average molecular weight is 311 g/mol. The molecule has 0 radical (unpaired) electrons. The van der Waals surface area contributed by atoms with Gasteiger partial charge in [-0.25, -0.2) is 0 Å². The van der Waals surface area contributed by atoms with E-state index in [1.54, 1.807) is 25.3 Å². The summed E-state index contributed by atoms with van der Waals surface area (Å²) in [6.07, 6.45) is 4.23. The van der Waals surface area contributed by atoms with E-state index >= 15 is 0 Å². The molecule has 0 saturated carbocycles. The predicted octanol–water partition coefficient (Wildman–Crippen LogP) is 4.14. The normalized spacial score (nSPS) is 10.5. The third-order valence-corrected chi connectivity index (χ3v) is 3.14. The van der Waals surface area contributed by atoms with Crippen molar-refractivity contribution >= 4 is 17.7 Å². The molecule has 2 aromatic rings. The van der Waals surface area contributed by atoms with Crippen LogP contribution in [0.2, 0.25) is 0 Å². The number of anilines is 1. The molecule has 4 heteroatoms. The number of nitrogens with one attached hydrogen (secondary N) is 1. The van der Waals surface area contributed by atoms with E-state index in [2.05, 4.69) is 12.2 Å². The van der Waals surface area contributed by atoms with Gasteiger partial charge < -0.3 is 14.8 Å². The fourth-order valence-corrected chi connectivity index (χ4v) is 1.99. The number of carbonyl (C=O) groups excluding carboxylic acids is 1. The maximum atomic E-state index is 12.0. The number of para-hydroxylation sites is 2. The quantitative estimate of drug-likeness (QED) is 0.782. The van der Waals surface area contributed by atoms with E-state index in [-0.39, 0.29) is 5.91 Å². The van der Waals surface area contributed by atoms with E-state index in [1.165, 1.54) is 6.08 Å². The molecule has 1 N–H and O–H groups in total. The minimum Gasteiger partial charge on any atom is -0.495 e. The van der Waals surface area contributed by atoms with Gasteiger partial charge in [0.25, 0.3) is 0 Å². The average Bonchev–Trinajstić information content (AvgIpc) is 2.59. The van der Waals surface area contributed by atoms with Gasteiger partial charge >= 0.3 is 0 Å². The van der Waals surface area contributed by atoms with Crippen LogP contribution >= 0.6 is 0 Å². The zero-order valence-electron chi connectivity index (χ0n) is 13.4. The van der Waals surface area contributed by atoms with Gasteiger partial charge in [0.1, 0.15) is 11.5 Å². The number of benzene rings is 2. The second kappa shape index (κ2) is 8.63. The Balaban J connectivity index is 1.95. The summed E-state index contributed by atoms with van der Waals surface area (Å²) in [5.74, 6) is 1.26. The highest BCUT2D eigenvalue weighted by Crippen LogP contribution is 2.23. The Morgan fingerprint density at radius 1 is 1.13 bits per heavy atom. The molecule has 2 aromatic carbocycles. The van der Waals surface area contributed by atoms with Crippen LogP contribution < -0.4 is 14.8 Å². The molecule has 0 aliphatic carbocycles. The molecule has 0 aliphatic heterocycles. The largest absolute Gasteiger partial charge is 0.495 e. The van der Waals surface area contributed by atoms with E-state index in [1.807, 2.05) is 36.4 Å². The maximum absolute atomic E-state index is 12.0. The van der Waals surface area contributed by atoms with Crippen molar-refractivity contribution in [3.8, 4) is 11.5 Å². The molecule has 0 spiro atoms. The van der Waals surface area contributed by atoms with Crippen molar-refractivity contribution in [2.45, 2.75) is 13.3 Å². The lowest BCUT2D eigenvalue weighted by Crippen LogP contribution is -2.08. The van der Waals surface area contributed by atoms with E-state index < -0.39 is 0 Å². The van der Waals surface area contributed by atoms with Gasteiger partial charge in [0.05, 0.1) is 19.4 Å². The zero-order valence-corrected chi connectivity index (χ0v) is 13.4. The summed E-state index contributed by atoms with van der Waals surface area (Å²) in [5.41, 5.74) is 1.58. The minimum atomic E-state index is -0.208. The summed E-state index contributed by atoms with van der Waals surface area (Å²) in [7, 11) is 1.57. The minimum absolute atomic E-state index is 0.208. The van der Waals surface area contributed by atoms with Crippen molar-refractivity contribution in [2.24, 2.45) is 0 Å². The zero-order chi connectivity index (χ0) is 16.5. The Bertz CT molecular complexity index is 663. The van der Waals surface area contributed by atoms with Gasteiger partial charge in [-0.2, -0.15) is 0 Å². The lowest BCUT2D eigenvalue weighted by atomic mass is 10.2. The first-order chi connectivity index (χ1) is 11.2. The number of amides is 1. The Labute approximate surface area is 136 Å². The van der Waals surface area contributed by atoms with Crippen LogP contribution in [0.3, 0.4) is 0 Å². The first-order valence-corrected chi connectivity index (χ1v) is 7.58. The van der Waals surface area contributed by atoms with E-state index in [0.29, 0.717) is 18.0 Å². The standard InChI is InChI=1S/C19H21NO3/c1-3-14-23-16-11-8-15(9-12-16)10-13-19(21)20-17-6-4-5-7-18(17)22-2/h4-13H,3,14H2,1-2H3,(H,20,21). The molecule has 23 heavy (non-hydrogen) atoms. The molecule has 2 rings (SSSR count). The molecule has 1 amide bonds. The molecule has 120 valence electrons. The Hall–Kier alpha value is -2.75. The lowest BCUT2D eigenvalue weighted by Gasteiger charge is -2.07. The van der Waals surface area contributed by atoms with Gasteiger partial charge in [0, 0.05) is 6.08 Å². The first kappa shape index (κ1) is 16.6. The van der Waals surface area contributed by atoms with Crippen molar-refractivity contribution in [2.75, 3.05) is 19.0 Å². The monoisotopic (exact) mass is 311 g/mol. The van der Waals surface area contributed by atoms with Gasteiger partial charge in [-0.05, 0) is 42.3 Å². The highest BCUT2D eigenvalue weighted by Gasteiger charge is 2.03. The van der Waals surface area contributed by atoms with Crippen LogP contribution in [-0.4, -0.2) is 19.6 Å². The van der Waals surface area contributed by atoms with Crippen LogP contribution in [0, 0.1) is 0 Å². The second-order valence-electron chi connectivity index (χ2n) is 4.94. The summed E-state index contributed by atoms with van der Waals surface area (Å²) < 4.78 is 10.7. The van der Waals surface area contributed by atoms with Gasteiger partial charge in [-0.1, -0.05) is 31.2 Å². The van der Waals surface area contributed by atoms with E-state index in [0.717, 1.165) is 17.7 Å². The summed E-state index contributed by atoms with van der Waals surface area (Å²) in [6, 6.07) is 14.9. The Morgan fingerprint density at radius 2 is 1.87 bits per heavy atom. The molecular formula is C19H21NO3. The molecular weight excluding hydrogens is 290 g/mol. The second-order valence-corrected chi connectivity index (χ2v) is 4.94. The predicted molar refractivity (Wildman–Crippen MR) is 92.9 cm³/mol. The van der Waals surface area contributed by atoms with Crippen LogP contribution in [0.25, 0.3) is 6.08 Å². The molecule has 0 heterocycles. The van der Waals surface area contributed by atoms with E-state index in [4.69, 9.17) is 9.47 Å². The third-order valence-electron chi connectivity index (χ3n) is 3.14. The molecule has 0 aliphatic rings. The van der Waals surface area contributed by atoms with Gasteiger partial charge in [-0.15, -0.1) is 0 Å². The van der Waals surface area contributed by atoms with Crippen LogP contribution in [0.4, 0.5) is 5.69 Å². The number of ether oxygens (including phenoxy) is 2. The maximum Gasteiger partial charge on any atom is 0.248 e. The van der Waals surface area contributed by atoms with Crippen LogP contribution in [0.1, 0.15) is 18.9 Å².